The van der Waals surface area contributed by atoms with Crippen molar-refractivity contribution in [1.82, 2.24) is 0 Å². The largest absolute Gasteiger partial charge is 0.497 e. The molecule has 4 heteroatoms. The number of rotatable bonds is 6. The van der Waals surface area contributed by atoms with Crippen LogP contribution in [0.4, 0.5) is 0 Å². The van der Waals surface area contributed by atoms with Crippen LogP contribution in [0.25, 0.3) is 0 Å². The highest BCUT2D eigenvalue weighted by Gasteiger charge is 2.23. The highest BCUT2D eigenvalue weighted by molar-refractivity contribution is 7.10. The first-order valence-corrected chi connectivity index (χ1v) is 7.64. The molecule has 2 N–H and O–H groups in total. The van der Waals surface area contributed by atoms with Crippen molar-refractivity contribution in [2.24, 2.45) is 5.73 Å². The first-order chi connectivity index (χ1) is 9.65. The third-order valence-electron chi connectivity index (χ3n) is 3.34. The van der Waals surface area contributed by atoms with Crippen molar-refractivity contribution < 1.29 is 9.47 Å². The van der Waals surface area contributed by atoms with Gasteiger partial charge in [0.25, 0.3) is 0 Å². The summed E-state index contributed by atoms with van der Waals surface area (Å²) in [5.41, 5.74) is 7.47. The summed E-state index contributed by atoms with van der Waals surface area (Å²) in [6.45, 7) is 4.18. The number of hydrogen-bond acceptors (Lipinski definition) is 4. The number of methoxy groups -OCH3 is 1. The fourth-order valence-electron chi connectivity index (χ4n) is 2.03. The van der Waals surface area contributed by atoms with Crippen LogP contribution in [-0.2, 0) is 0 Å². The van der Waals surface area contributed by atoms with E-state index in [0.29, 0.717) is 0 Å². The minimum absolute atomic E-state index is 0.0190. The van der Waals surface area contributed by atoms with Gasteiger partial charge in [-0.15, -0.1) is 11.3 Å². The smallest absolute Gasteiger partial charge is 0.148 e. The Labute approximate surface area is 124 Å². The number of thiophene rings is 1. The molecule has 0 amide bonds. The van der Waals surface area contributed by atoms with E-state index in [4.69, 9.17) is 15.2 Å². The summed E-state index contributed by atoms with van der Waals surface area (Å²) in [4.78, 5) is 1.20. The Morgan fingerprint density at radius 3 is 2.30 bits per heavy atom. The number of aryl methyl sites for hydroxylation is 1. The highest BCUT2D eigenvalue weighted by atomic mass is 32.1. The minimum Gasteiger partial charge on any atom is -0.497 e. The van der Waals surface area contributed by atoms with Gasteiger partial charge >= 0.3 is 0 Å². The molecule has 2 aromatic rings. The monoisotopic (exact) mass is 291 g/mol. The fraction of sp³-hybridized carbons (Fsp3) is 0.375. The summed E-state index contributed by atoms with van der Waals surface area (Å²) in [5.74, 6) is 1.63. The van der Waals surface area contributed by atoms with Crippen LogP contribution in [0.3, 0.4) is 0 Å². The number of hydrogen-bond donors (Lipinski definition) is 1. The third kappa shape index (κ3) is 3.32. The lowest BCUT2D eigenvalue weighted by molar-refractivity contribution is 0.174. The van der Waals surface area contributed by atoms with Gasteiger partial charge in [-0.05, 0) is 54.6 Å². The summed E-state index contributed by atoms with van der Waals surface area (Å²) < 4.78 is 11.3. The molecule has 2 rings (SSSR count). The third-order valence-corrected chi connectivity index (χ3v) is 4.42. The zero-order chi connectivity index (χ0) is 14.5. The number of benzene rings is 1. The van der Waals surface area contributed by atoms with Gasteiger partial charge in [-0.1, -0.05) is 6.92 Å². The maximum absolute atomic E-state index is 6.24. The van der Waals surface area contributed by atoms with E-state index < -0.39 is 0 Å². The predicted octanol–water partition coefficient (Wildman–Crippen LogP) is 3.92. The zero-order valence-electron chi connectivity index (χ0n) is 12.1. The van der Waals surface area contributed by atoms with E-state index in [1.807, 2.05) is 24.3 Å². The molecule has 0 saturated carbocycles. The fourth-order valence-corrected chi connectivity index (χ4v) is 3.06. The molecule has 0 aliphatic heterocycles. The van der Waals surface area contributed by atoms with Crippen LogP contribution in [0.5, 0.6) is 11.5 Å². The molecular weight excluding hydrogens is 270 g/mol. The Morgan fingerprint density at radius 1 is 1.15 bits per heavy atom. The van der Waals surface area contributed by atoms with Gasteiger partial charge in [0.15, 0.2) is 0 Å². The number of ether oxygens (including phenoxy) is 2. The van der Waals surface area contributed by atoms with Crippen LogP contribution in [0.2, 0.25) is 0 Å². The van der Waals surface area contributed by atoms with Gasteiger partial charge < -0.3 is 15.2 Å². The van der Waals surface area contributed by atoms with Crippen LogP contribution >= 0.6 is 11.3 Å². The van der Waals surface area contributed by atoms with E-state index in [-0.39, 0.29) is 12.1 Å². The van der Waals surface area contributed by atoms with Gasteiger partial charge in [-0.25, -0.2) is 0 Å². The van der Waals surface area contributed by atoms with Crippen LogP contribution in [0.15, 0.2) is 35.7 Å². The van der Waals surface area contributed by atoms with Crippen LogP contribution in [0, 0.1) is 6.92 Å². The summed E-state index contributed by atoms with van der Waals surface area (Å²) in [7, 11) is 1.65. The Kier molecular flexibility index (Phi) is 5.04. The van der Waals surface area contributed by atoms with Gasteiger partial charge in [0, 0.05) is 10.9 Å². The summed E-state index contributed by atoms with van der Waals surface area (Å²) in [5, 5.41) is 2.08. The van der Waals surface area contributed by atoms with Crippen molar-refractivity contribution in [3.05, 3.63) is 46.2 Å². The van der Waals surface area contributed by atoms with E-state index >= 15 is 0 Å². The normalized spacial score (nSPS) is 13.8. The molecule has 1 aromatic heterocycles. The van der Waals surface area contributed by atoms with Gasteiger partial charge in [0.05, 0.1) is 7.11 Å². The van der Waals surface area contributed by atoms with Crippen molar-refractivity contribution in [2.45, 2.75) is 32.4 Å². The average molecular weight is 291 g/mol. The molecule has 2 atom stereocenters. The Hall–Kier alpha value is -1.52. The molecular formula is C16H21NO2S. The van der Waals surface area contributed by atoms with E-state index in [1.165, 1.54) is 10.4 Å². The Morgan fingerprint density at radius 2 is 1.80 bits per heavy atom. The lowest BCUT2D eigenvalue weighted by atomic mass is 10.1. The van der Waals surface area contributed by atoms with Gasteiger partial charge in [-0.2, -0.15) is 0 Å². The molecule has 0 spiro atoms. The predicted molar refractivity (Wildman–Crippen MR) is 83.7 cm³/mol. The van der Waals surface area contributed by atoms with Crippen LogP contribution < -0.4 is 15.2 Å². The summed E-state index contributed by atoms with van der Waals surface area (Å²) in [6, 6.07) is 9.70. The van der Waals surface area contributed by atoms with Crippen molar-refractivity contribution in [3.8, 4) is 11.5 Å². The topological polar surface area (TPSA) is 44.5 Å². The summed E-state index contributed by atoms with van der Waals surface area (Å²) >= 11 is 1.70. The van der Waals surface area contributed by atoms with Gasteiger partial charge in [0.2, 0.25) is 0 Å². The second-order valence-corrected chi connectivity index (χ2v) is 5.70. The first kappa shape index (κ1) is 14.9. The maximum Gasteiger partial charge on any atom is 0.148 e. The molecule has 0 saturated heterocycles. The van der Waals surface area contributed by atoms with Crippen molar-refractivity contribution in [2.75, 3.05) is 7.11 Å². The van der Waals surface area contributed by atoms with Crippen molar-refractivity contribution >= 4 is 11.3 Å². The minimum atomic E-state index is -0.103. The second-order valence-electron chi connectivity index (χ2n) is 4.75. The molecule has 0 aliphatic carbocycles. The Balaban J connectivity index is 2.21. The highest BCUT2D eigenvalue weighted by Crippen LogP contribution is 2.32. The molecule has 0 radical (unpaired) electrons. The molecule has 1 aromatic carbocycles. The first-order valence-electron chi connectivity index (χ1n) is 6.76. The quantitative estimate of drug-likeness (QED) is 0.877. The van der Waals surface area contributed by atoms with Crippen LogP contribution in [0.1, 0.15) is 29.9 Å². The average Bonchev–Trinajstić information content (AvgIpc) is 2.90. The van der Waals surface area contributed by atoms with Crippen molar-refractivity contribution in [1.29, 1.82) is 0 Å². The molecule has 3 nitrogen and oxygen atoms in total. The van der Waals surface area contributed by atoms with Gasteiger partial charge in [0.1, 0.15) is 17.6 Å². The van der Waals surface area contributed by atoms with Gasteiger partial charge in [-0.3, -0.25) is 0 Å². The molecule has 1 heterocycles. The molecule has 0 bridgehead atoms. The zero-order valence-corrected chi connectivity index (χ0v) is 12.9. The molecule has 20 heavy (non-hydrogen) atoms. The second kappa shape index (κ2) is 6.77. The molecule has 0 aliphatic rings. The SMILES string of the molecule is CCC(N)C(Oc1ccc(OC)cc1)c1sccc1C. The lowest BCUT2D eigenvalue weighted by Gasteiger charge is -2.24. The molecule has 2 unspecified atom stereocenters. The number of nitrogens with two attached hydrogens (primary N) is 1. The maximum atomic E-state index is 6.24. The van der Waals surface area contributed by atoms with Crippen LogP contribution in [-0.4, -0.2) is 13.2 Å². The standard InChI is InChI=1S/C16H21NO2S/c1-4-14(17)15(16-11(2)9-10-20-16)19-13-7-5-12(18-3)6-8-13/h5-10,14-15H,4,17H2,1-3H3. The summed E-state index contributed by atoms with van der Waals surface area (Å²) in [6.07, 6.45) is 0.770. The lowest BCUT2D eigenvalue weighted by Crippen LogP contribution is -2.31. The Bertz CT molecular complexity index is 536. The van der Waals surface area contributed by atoms with E-state index in [0.717, 1.165) is 17.9 Å². The molecule has 108 valence electrons. The molecule has 0 fully saturated rings. The van der Waals surface area contributed by atoms with Crippen molar-refractivity contribution in [3.63, 3.8) is 0 Å². The van der Waals surface area contributed by atoms with E-state index in [1.54, 1.807) is 18.4 Å². The van der Waals surface area contributed by atoms with E-state index in [9.17, 15) is 0 Å². The van der Waals surface area contributed by atoms with E-state index in [2.05, 4.69) is 25.3 Å².